The van der Waals surface area contributed by atoms with Crippen LogP contribution in [-0.2, 0) is 61.1 Å². The van der Waals surface area contributed by atoms with Gasteiger partial charge in [0.1, 0.15) is 0 Å². The fraction of sp³-hybridized carbons (Fsp3) is 1.00. The Morgan fingerprint density at radius 3 is 0.701 bits per heavy atom. The summed E-state index contributed by atoms with van der Waals surface area (Å²) in [5.41, 5.74) is -0.351. The summed E-state index contributed by atoms with van der Waals surface area (Å²) in [7, 11) is 0. The van der Waals surface area contributed by atoms with Crippen LogP contribution in [0.2, 0.25) is 0 Å². The van der Waals surface area contributed by atoms with Crippen LogP contribution in [0.15, 0.2) is 0 Å². The topological polar surface area (TPSA) is 105 Å². The average Bonchev–Trinajstić information content (AvgIpc) is 3.43. The summed E-state index contributed by atoms with van der Waals surface area (Å²) in [5.74, 6) is 15.8. The van der Waals surface area contributed by atoms with E-state index in [1.165, 1.54) is 82.1 Å². The van der Waals surface area contributed by atoms with E-state index in [1.54, 1.807) is 77.0 Å². The van der Waals surface area contributed by atoms with Crippen LogP contribution < -0.4 is 0 Å². The second kappa shape index (κ2) is 20.4. The van der Waals surface area contributed by atoms with Crippen LogP contribution in [0.1, 0.15) is 231 Å². The second-order valence-electron chi connectivity index (χ2n) is 32.7. The lowest BCUT2D eigenvalue weighted by Gasteiger charge is -2.58. The molecule has 24 rings (SSSR count). The van der Waals surface area contributed by atoms with Gasteiger partial charge in [-0.05, 0) is 338 Å². The maximum Gasteiger partial charge on any atom is 0.184 e. The van der Waals surface area contributed by atoms with Gasteiger partial charge in [0, 0.05) is 14.6 Å². The van der Waals surface area contributed by atoms with Gasteiger partial charge in [-0.25, -0.2) is 16.8 Å². The van der Waals surface area contributed by atoms with Crippen LogP contribution >= 0.6 is 23.5 Å². The predicted molar refractivity (Wildman–Crippen MR) is 312 cm³/mol. The molecule has 0 spiro atoms. The van der Waals surface area contributed by atoms with Crippen molar-refractivity contribution >= 4 is 67.8 Å². The van der Waals surface area contributed by atoms with Gasteiger partial charge >= 0.3 is 0 Å². The molecule has 77 heavy (non-hydrogen) atoms. The smallest absolute Gasteiger partial charge is 0.184 e. The van der Waals surface area contributed by atoms with Crippen molar-refractivity contribution in [3.05, 3.63) is 0 Å². The van der Waals surface area contributed by atoms with Gasteiger partial charge in [-0.15, -0.1) is 23.5 Å². The molecule has 0 amide bonds. The van der Waals surface area contributed by atoms with Crippen LogP contribution in [0.4, 0.5) is 0 Å². The molecule has 4 atom stereocenters. The largest absolute Gasteiger partial charge is 0.282 e. The van der Waals surface area contributed by atoms with Gasteiger partial charge in [-0.2, -0.15) is 0 Å². The maximum atomic E-state index is 13.1. The van der Waals surface area contributed by atoms with E-state index in [9.17, 15) is 16.8 Å². The van der Waals surface area contributed by atoms with Crippen molar-refractivity contribution in [3.8, 4) is 0 Å². The van der Waals surface area contributed by atoms with Gasteiger partial charge in [-0.1, -0.05) is 0 Å². The standard InChI is InChI=1S/2C21H32O4S2.C21H32S2/c2*22-26(25-20-7-14-1-15(8-20)3-16(2-14)9-20)13-24-27(23)21-10-17-4-18(11-21)6-19(5-17)12-21;1-14-2-16-3-15(1)8-20(7-14,9-16)22-13-23-21-10-17-4-18(11-21)6-19(5-17)12-21/h2*14-19H,1-13H2;14-19H,1-13H2. The third-order valence-corrected chi connectivity index (χ3v) is 34.6. The number of rotatable bonds is 16. The van der Waals surface area contributed by atoms with E-state index in [4.69, 9.17) is 16.7 Å². The lowest BCUT2D eigenvalue weighted by Crippen LogP contribution is -2.53. The Hall–Kier alpha value is 1.14. The molecule has 0 heterocycles. The van der Waals surface area contributed by atoms with Crippen molar-refractivity contribution < 1.29 is 33.6 Å². The summed E-state index contributed by atoms with van der Waals surface area (Å²) < 4.78 is 76.4. The number of thioether (sulfide) groups is 2. The lowest BCUT2D eigenvalue weighted by molar-refractivity contribution is -0.102. The molecule has 8 nitrogen and oxygen atoms in total. The summed E-state index contributed by atoms with van der Waals surface area (Å²) in [6.45, 7) is 0. The number of hydrogen-bond acceptors (Lipinski definition) is 10. The van der Waals surface area contributed by atoms with Crippen LogP contribution in [0.3, 0.4) is 0 Å². The minimum absolute atomic E-state index is 0.0177. The molecule has 0 aromatic heterocycles. The summed E-state index contributed by atoms with van der Waals surface area (Å²) in [6.07, 6.45) is 47.9. The second-order valence-corrected chi connectivity index (χ2v) is 41.1. The van der Waals surface area contributed by atoms with Crippen LogP contribution in [0.5, 0.6) is 0 Å². The molecule has 0 aromatic rings. The molecule has 0 saturated heterocycles. The highest BCUT2D eigenvalue weighted by Gasteiger charge is 2.59. The Kier molecular flexibility index (Phi) is 14.2. The summed E-state index contributed by atoms with van der Waals surface area (Å²) in [5, 5.41) is 1.43. The highest BCUT2D eigenvalue weighted by Crippen LogP contribution is 2.66. The monoisotopic (exact) mass is 1170 g/mol. The normalized spacial score (nSPS) is 55.7. The molecule has 24 bridgehead atoms. The van der Waals surface area contributed by atoms with Gasteiger partial charge in [0.05, 0.1) is 20.7 Å². The molecule has 0 aromatic carbocycles. The van der Waals surface area contributed by atoms with E-state index in [0.29, 0.717) is 0 Å². The minimum Gasteiger partial charge on any atom is -0.282 e. The fourth-order valence-corrected chi connectivity index (χ4v) is 36.0. The summed E-state index contributed by atoms with van der Waals surface area (Å²) in [6, 6.07) is 0. The first-order chi connectivity index (χ1) is 37.2. The highest BCUT2D eigenvalue weighted by atomic mass is 32.2. The van der Waals surface area contributed by atoms with Crippen molar-refractivity contribution in [2.24, 2.45) is 107 Å². The molecule has 24 saturated carbocycles. The molecule has 24 fully saturated rings. The first-order valence-corrected chi connectivity index (χ1v) is 39.3. The number of hydrogen-bond donors (Lipinski definition) is 0. The van der Waals surface area contributed by atoms with Crippen molar-refractivity contribution in [2.45, 2.75) is 261 Å². The SMILES string of the molecule is C(SC12CC3CC(CC(C3)C1)C2)SC12CC3CC(CC(C3)C1)C2.O=S(COS(=O)C12CC3CC(CC(C3)C1)C2)OC12CC3CC(CC(C3)C1)C2.O=S(COS(=O)C12CC3CC(CC(C3)C1)C2)OC12CC3CC(CC(C3)C1)C2. The van der Waals surface area contributed by atoms with E-state index in [2.05, 4.69) is 23.5 Å². The molecule has 0 N–H and O–H groups in total. The third-order valence-electron chi connectivity index (χ3n) is 26.4. The van der Waals surface area contributed by atoms with Gasteiger partial charge in [0.15, 0.2) is 56.2 Å². The van der Waals surface area contributed by atoms with E-state index < -0.39 is 44.3 Å². The first kappa shape index (κ1) is 53.6. The van der Waals surface area contributed by atoms with Gasteiger partial charge in [-0.3, -0.25) is 16.7 Å². The van der Waals surface area contributed by atoms with Crippen LogP contribution in [0, 0.1) is 107 Å². The Morgan fingerprint density at radius 2 is 0.481 bits per heavy atom. The van der Waals surface area contributed by atoms with Gasteiger partial charge in [0.2, 0.25) is 0 Å². The van der Waals surface area contributed by atoms with E-state index in [0.717, 1.165) is 193 Å². The zero-order valence-corrected chi connectivity index (χ0v) is 51.6. The highest BCUT2D eigenvalue weighted by molar-refractivity contribution is 8.17. The van der Waals surface area contributed by atoms with Crippen molar-refractivity contribution in [1.29, 1.82) is 0 Å². The molecule has 0 radical (unpaired) electrons. The molecular formula is C63H96O8S6. The van der Waals surface area contributed by atoms with Crippen LogP contribution in [-0.4, -0.2) is 64.0 Å². The van der Waals surface area contributed by atoms with Crippen LogP contribution in [0.25, 0.3) is 0 Å². The quantitative estimate of drug-likeness (QED) is 0.139. The van der Waals surface area contributed by atoms with E-state index >= 15 is 0 Å². The van der Waals surface area contributed by atoms with Crippen molar-refractivity contribution in [2.75, 3.05) is 17.0 Å². The zero-order valence-electron chi connectivity index (χ0n) is 46.7. The average molecular weight is 1170 g/mol. The Morgan fingerprint density at radius 1 is 0.286 bits per heavy atom. The maximum absolute atomic E-state index is 13.1. The molecular weight excluding hydrogens is 1080 g/mol. The molecule has 4 unspecified atom stereocenters. The molecule has 14 heteroatoms. The Bertz CT molecular complexity index is 1980. The molecule has 24 aliphatic carbocycles. The Balaban J connectivity index is 0.0000000973. The van der Waals surface area contributed by atoms with E-state index in [-0.39, 0.29) is 32.6 Å². The first-order valence-electron chi connectivity index (χ1n) is 32.7. The van der Waals surface area contributed by atoms with Crippen molar-refractivity contribution in [1.82, 2.24) is 0 Å². The van der Waals surface area contributed by atoms with E-state index in [1.807, 2.05) is 0 Å². The van der Waals surface area contributed by atoms with Gasteiger partial charge < -0.3 is 0 Å². The summed E-state index contributed by atoms with van der Waals surface area (Å²) >= 11 is -0.734. The summed E-state index contributed by atoms with van der Waals surface area (Å²) in [4.78, 5) is 0. The lowest BCUT2D eigenvalue weighted by atomic mass is 9.54. The third kappa shape index (κ3) is 10.6. The zero-order chi connectivity index (χ0) is 51.5. The Labute approximate surface area is 482 Å². The fourth-order valence-electron chi connectivity index (χ4n) is 26.3. The molecule has 0 aliphatic heterocycles. The predicted octanol–water partition coefficient (Wildman–Crippen LogP) is 14.8. The van der Waals surface area contributed by atoms with Crippen molar-refractivity contribution in [3.63, 3.8) is 0 Å². The van der Waals surface area contributed by atoms with Gasteiger partial charge in [0.25, 0.3) is 0 Å². The molecule has 24 aliphatic rings. The molecule has 432 valence electrons. The minimum atomic E-state index is -1.48.